The van der Waals surface area contributed by atoms with Crippen molar-refractivity contribution in [2.75, 3.05) is 11.9 Å². The Morgan fingerprint density at radius 2 is 2.06 bits per heavy atom. The Hall–Kier alpha value is -3.98. The molecule has 4 rings (SSSR count). The molecule has 0 bridgehead atoms. The van der Waals surface area contributed by atoms with E-state index in [9.17, 15) is 14.9 Å². The average Bonchev–Trinajstić information content (AvgIpc) is 3.40. The Morgan fingerprint density at radius 1 is 1.26 bits per heavy atom. The van der Waals surface area contributed by atoms with Crippen LogP contribution in [0.2, 0.25) is 0 Å². The molecule has 2 aromatic carbocycles. The number of fused-ring (bicyclic) bond motifs is 1. The second-order valence-electron chi connectivity index (χ2n) is 7.82. The highest BCUT2D eigenvalue weighted by molar-refractivity contribution is 7.18. The zero-order valence-corrected chi connectivity index (χ0v) is 20.0. The van der Waals surface area contributed by atoms with Crippen LogP contribution in [0.1, 0.15) is 30.5 Å². The van der Waals surface area contributed by atoms with Crippen LogP contribution < -0.4 is 10.1 Å². The molecule has 0 atom stereocenters. The summed E-state index contributed by atoms with van der Waals surface area (Å²) in [5.41, 5.74) is 6.47. The predicted octanol–water partition coefficient (Wildman–Crippen LogP) is 6.52. The molecule has 0 unspecified atom stereocenters. The van der Waals surface area contributed by atoms with Crippen molar-refractivity contribution in [1.29, 1.82) is 0 Å². The topological polar surface area (TPSA) is 108 Å². The van der Waals surface area contributed by atoms with Gasteiger partial charge in [0.15, 0.2) is 5.13 Å². The van der Waals surface area contributed by atoms with Gasteiger partial charge in [0, 0.05) is 28.7 Å². The van der Waals surface area contributed by atoms with Crippen molar-refractivity contribution in [1.82, 2.24) is 4.98 Å². The number of carbonyl (C=O) groups is 1. The van der Waals surface area contributed by atoms with Gasteiger partial charge in [-0.3, -0.25) is 20.2 Å². The van der Waals surface area contributed by atoms with Gasteiger partial charge in [0.05, 0.1) is 17.8 Å². The number of nitrogens with zero attached hydrogens (tertiary/aromatic N) is 2. The van der Waals surface area contributed by atoms with Crippen LogP contribution in [-0.2, 0) is 4.79 Å². The van der Waals surface area contributed by atoms with E-state index >= 15 is 0 Å². The fourth-order valence-corrected chi connectivity index (χ4v) is 4.42. The first-order valence-electron chi connectivity index (χ1n) is 10.6. The molecule has 1 amide bonds. The van der Waals surface area contributed by atoms with Gasteiger partial charge in [-0.25, -0.2) is 4.98 Å². The number of thiazole rings is 1. The number of furan rings is 1. The number of hydrogen-bond acceptors (Lipinski definition) is 7. The van der Waals surface area contributed by atoms with Crippen molar-refractivity contribution in [2.24, 2.45) is 0 Å². The maximum atomic E-state index is 12.6. The van der Waals surface area contributed by atoms with Crippen molar-refractivity contribution in [3.63, 3.8) is 0 Å². The summed E-state index contributed by atoms with van der Waals surface area (Å²) in [6, 6.07) is 10.1. The Balaban J connectivity index is 1.72. The van der Waals surface area contributed by atoms with Gasteiger partial charge in [-0.15, -0.1) is 0 Å². The van der Waals surface area contributed by atoms with Crippen LogP contribution in [0, 0.1) is 24.0 Å². The summed E-state index contributed by atoms with van der Waals surface area (Å²) in [7, 11) is 0. The molecule has 2 heterocycles. The molecule has 2 aromatic heterocycles. The number of nitrogens with one attached hydrogen (secondary N) is 1. The van der Waals surface area contributed by atoms with Crippen molar-refractivity contribution >= 4 is 43.9 Å². The number of nitro groups is 1. The summed E-state index contributed by atoms with van der Waals surface area (Å²) in [5.74, 6) is 0.161. The van der Waals surface area contributed by atoms with E-state index in [0.29, 0.717) is 23.5 Å². The van der Waals surface area contributed by atoms with Gasteiger partial charge in [0.2, 0.25) is 5.91 Å². The SMILES string of the molecule is CCOc1cc2occ(-c3ccc(C)cc3C)c2cc1/C(C)=C/C(=O)Nc1ncc([N+](=O)[O-])s1. The van der Waals surface area contributed by atoms with Crippen LogP contribution in [0.3, 0.4) is 0 Å². The minimum Gasteiger partial charge on any atom is -0.493 e. The van der Waals surface area contributed by atoms with E-state index < -0.39 is 10.8 Å². The zero-order chi connectivity index (χ0) is 24.4. The highest BCUT2D eigenvalue weighted by Gasteiger charge is 2.17. The van der Waals surface area contributed by atoms with Crippen molar-refractivity contribution in [2.45, 2.75) is 27.7 Å². The fourth-order valence-electron chi connectivity index (χ4n) is 3.79. The number of allylic oxidation sites excluding steroid dienone is 1. The van der Waals surface area contributed by atoms with Crippen LogP contribution in [0.25, 0.3) is 27.7 Å². The Bertz CT molecular complexity index is 1430. The lowest BCUT2D eigenvalue weighted by atomic mass is 9.96. The second-order valence-corrected chi connectivity index (χ2v) is 8.83. The lowest BCUT2D eigenvalue weighted by molar-refractivity contribution is -0.380. The Kier molecular flexibility index (Phi) is 6.47. The van der Waals surface area contributed by atoms with Gasteiger partial charge < -0.3 is 9.15 Å². The van der Waals surface area contributed by atoms with Crippen molar-refractivity contribution in [3.05, 3.63) is 75.7 Å². The number of ether oxygens (including phenoxy) is 1. The molecule has 4 aromatic rings. The molecule has 1 N–H and O–H groups in total. The van der Waals surface area contributed by atoms with E-state index in [1.54, 1.807) is 6.26 Å². The maximum Gasteiger partial charge on any atom is 0.345 e. The molecular formula is C25H23N3O5S. The van der Waals surface area contributed by atoms with Crippen LogP contribution in [0.5, 0.6) is 5.75 Å². The molecule has 34 heavy (non-hydrogen) atoms. The Morgan fingerprint density at radius 3 is 2.74 bits per heavy atom. The van der Waals surface area contributed by atoms with Gasteiger partial charge in [-0.1, -0.05) is 23.8 Å². The summed E-state index contributed by atoms with van der Waals surface area (Å²) < 4.78 is 11.7. The van der Waals surface area contributed by atoms with E-state index in [1.165, 1.54) is 11.6 Å². The molecule has 9 heteroatoms. The molecule has 0 saturated heterocycles. The lowest BCUT2D eigenvalue weighted by Gasteiger charge is -2.12. The first kappa shape index (κ1) is 23.2. The van der Waals surface area contributed by atoms with E-state index in [1.807, 2.05) is 26.0 Å². The summed E-state index contributed by atoms with van der Waals surface area (Å²) in [4.78, 5) is 26.7. The predicted molar refractivity (Wildman–Crippen MR) is 133 cm³/mol. The highest BCUT2D eigenvalue weighted by atomic mass is 32.1. The number of rotatable bonds is 7. The van der Waals surface area contributed by atoms with E-state index in [-0.39, 0.29) is 10.1 Å². The van der Waals surface area contributed by atoms with E-state index in [2.05, 4.69) is 42.3 Å². The Labute approximate surface area is 200 Å². The van der Waals surface area contributed by atoms with E-state index in [0.717, 1.165) is 45.2 Å². The molecule has 0 saturated carbocycles. The number of carbonyl (C=O) groups excluding carboxylic acids is 1. The molecule has 0 spiro atoms. The van der Waals surface area contributed by atoms with Gasteiger partial charge >= 0.3 is 5.00 Å². The molecular weight excluding hydrogens is 454 g/mol. The van der Waals surface area contributed by atoms with Crippen LogP contribution in [-0.4, -0.2) is 22.4 Å². The number of hydrogen-bond donors (Lipinski definition) is 1. The molecule has 174 valence electrons. The second kappa shape index (κ2) is 9.48. The molecule has 0 aliphatic carbocycles. The third-order valence-electron chi connectivity index (χ3n) is 5.32. The first-order valence-corrected chi connectivity index (χ1v) is 11.4. The summed E-state index contributed by atoms with van der Waals surface area (Å²) in [5, 5.41) is 14.4. The van der Waals surface area contributed by atoms with Crippen LogP contribution in [0.15, 0.2) is 53.3 Å². The summed E-state index contributed by atoms with van der Waals surface area (Å²) in [6.07, 6.45) is 4.28. The smallest absolute Gasteiger partial charge is 0.345 e. The zero-order valence-electron chi connectivity index (χ0n) is 19.2. The number of aryl methyl sites for hydroxylation is 2. The minimum atomic E-state index is -0.545. The molecule has 0 radical (unpaired) electrons. The average molecular weight is 478 g/mol. The third kappa shape index (κ3) is 4.69. The lowest BCUT2D eigenvalue weighted by Crippen LogP contribution is -2.08. The van der Waals surface area contributed by atoms with Gasteiger partial charge in [0.25, 0.3) is 0 Å². The number of aromatic nitrogens is 1. The molecule has 0 aliphatic rings. The van der Waals surface area contributed by atoms with Gasteiger partial charge in [0.1, 0.15) is 17.5 Å². The molecule has 0 fully saturated rings. The number of anilines is 1. The van der Waals surface area contributed by atoms with Crippen molar-refractivity contribution < 1.29 is 18.9 Å². The van der Waals surface area contributed by atoms with Crippen LogP contribution in [0.4, 0.5) is 10.1 Å². The molecule has 8 nitrogen and oxygen atoms in total. The standard InChI is InChI=1S/C25H23N3O5S/c1-5-32-21-11-22-19(20(13-33-22)17-7-6-14(2)8-15(17)3)10-18(21)16(4)9-23(29)27-25-26-12-24(34-25)28(30)31/h6-13H,5H2,1-4H3,(H,26,27,29)/b16-9+. The number of amides is 1. The van der Waals surface area contributed by atoms with Crippen molar-refractivity contribution in [3.8, 4) is 16.9 Å². The molecule has 0 aliphatic heterocycles. The third-order valence-corrected chi connectivity index (χ3v) is 6.19. The first-order chi connectivity index (χ1) is 16.3. The fraction of sp³-hybridized carbons (Fsp3) is 0.200. The normalized spacial score (nSPS) is 11.6. The highest BCUT2D eigenvalue weighted by Crippen LogP contribution is 2.38. The maximum absolute atomic E-state index is 12.6. The largest absolute Gasteiger partial charge is 0.493 e. The monoisotopic (exact) mass is 477 g/mol. The summed E-state index contributed by atoms with van der Waals surface area (Å²) in [6.45, 7) is 8.27. The van der Waals surface area contributed by atoms with Crippen LogP contribution >= 0.6 is 11.3 Å². The summed E-state index contributed by atoms with van der Waals surface area (Å²) >= 11 is 0.800. The quantitative estimate of drug-likeness (QED) is 0.184. The van der Waals surface area contributed by atoms with E-state index in [4.69, 9.17) is 9.15 Å². The minimum absolute atomic E-state index is 0.140. The number of benzene rings is 2. The van der Waals surface area contributed by atoms with Gasteiger partial charge in [-0.05, 0) is 61.8 Å². The van der Waals surface area contributed by atoms with Gasteiger partial charge in [-0.2, -0.15) is 0 Å².